The fraction of sp³-hybridized carbons (Fsp3) is 0.0526. The number of nitrogens with zero attached hydrogens (tertiary/aromatic N) is 1. The number of hydrogen-bond acceptors (Lipinski definition) is 1. The number of carbonyl (C=O) groups is 1. The van der Waals surface area contributed by atoms with Crippen molar-refractivity contribution in [3.63, 3.8) is 0 Å². The number of aromatic nitrogens is 1. The summed E-state index contributed by atoms with van der Waals surface area (Å²) in [5.74, 6) is 0.135. The third-order valence-corrected chi connectivity index (χ3v) is 3.93. The largest absolute Gasteiger partial charge is 0.289 e. The van der Waals surface area contributed by atoms with Crippen LogP contribution in [0.5, 0.6) is 0 Å². The van der Waals surface area contributed by atoms with Crippen molar-refractivity contribution in [2.75, 3.05) is 0 Å². The third kappa shape index (κ3) is 1.96. The van der Waals surface area contributed by atoms with Crippen molar-refractivity contribution in [2.45, 2.75) is 6.54 Å². The molecular weight excluding hydrogens is 258 g/mol. The molecule has 100 valence electrons. The number of allylic oxidation sites excluding steroid dienone is 1. The SMILES string of the molecule is O=C1C(C[n+]2ccccc2)=Cc2cccc3cccc1c23. The summed E-state index contributed by atoms with van der Waals surface area (Å²) >= 11 is 0. The molecule has 0 saturated carbocycles. The van der Waals surface area contributed by atoms with Gasteiger partial charge in [-0.25, -0.2) is 4.57 Å². The standard InChI is InChI=1S/C19H14NO/c21-19-16(13-20-10-2-1-3-11-20)12-15-8-4-6-14-7-5-9-17(19)18(14)15/h1-12H,13H2/q+1. The van der Waals surface area contributed by atoms with Gasteiger partial charge in [-0.1, -0.05) is 42.5 Å². The molecule has 0 atom stereocenters. The highest BCUT2D eigenvalue weighted by molar-refractivity contribution is 6.22. The summed E-state index contributed by atoms with van der Waals surface area (Å²) in [7, 11) is 0. The molecular formula is C19H14NO+. The van der Waals surface area contributed by atoms with E-state index in [1.807, 2.05) is 59.4 Å². The van der Waals surface area contributed by atoms with Gasteiger partial charge in [-0.2, -0.15) is 0 Å². The maximum Gasteiger partial charge on any atom is 0.196 e. The van der Waals surface area contributed by atoms with Crippen LogP contribution in [0.2, 0.25) is 0 Å². The summed E-state index contributed by atoms with van der Waals surface area (Å²) in [4.78, 5) is 12.7. The highest BCUT2D eigenvalue weighted by Crippen LogP contribution is 2.31. The molecule has 0 unspecified atom stereocenters. The van der Waals surface area contributed by atoms with E-state index in [4.69, 9.17) is 0 Å². The van der Waals surface area contributed by atoms with E-state index in [0.717, 1.165) is 27.5 Å². The Morgan fingerprint density at radius 2 is 1.62 bits per heavy atom. The lowest BCUT2D eigenvalue weighted by atomic mass is 9.88. The average molecular weight is 272 g/mol. The van der Waals surface area contributed by atoms with Crippen molar-refractivity contribution in [1.29, 1.82) is 0 Å². The van der Waals surface area contributed by atoms with Crippen LogP contribution in [0.25, 0.3) is 16.8 Å². The molecule has 0 amide bonds. The van der Waals surface area contributed by atoms with E-state index in [-0.39, 0.29) is 5.78 Å². The number of rotatable bonds is 2. The highest BCUT2D eigenvalue weighted by Gasteiger charge is 2.23. The number of hydrogen-bond donors (Lipinski definition) is 0. The Hall–Kier alpha value is -2.74. The maximum absolute atomic E-state index is 12.7. The molecule has 0 aliphatic heterocycles. The van der Waals surface area contributed by atoms with E-state index in [2.05, 4.69) is 18.2 Å². The molecule has 0 spiro atoms. The lowest BCUT2D eigenvalue weighted by molar-refractivity contribution is -0.688. The van der Waals surface area contributed by atoms with Crippen LogP contribution in [-0.4, -0.2) is 5.78 Å². The van der Waals surface area contributed by atoms with Crippen LogP contribution in [0.4, 0.5) is 0 Å². The molecule has 0 bridgehead atoms. The molecule has 0 radical (unpaired) electrons. The molecule has 2 heteroatoms. The normalized spacial score (nSPS) is 13.3. The van der Waals surface area contributed by atoms with Crippen LogP contribution < -0.4 is 4.57 Å². The first-order chi connectivity index (χ1) is 10.3. The Bertz CT molecular complexity index is 873. The fourth-order valence-electron chi connectivity index (χ4n) is 2.96. The molecule has 3 aromatic rings. The first-order valence-corrected chi connectivity index (χ1v) is 7.04. The zero-order valence-corrected chi connectivity index (χ0v) is 11.5. The fourth-order valence-corrected chi connectivity index (χ4v) is 2.96. The Labute approximate surface area is 123 Å². The summed E-state index contributed by atoms with van der Waals surface area (Å²) in [6.07, 6.45) is 5.99. The second kappa shape index (κ2) is 4.67. The van der Waals surface area contributed by atoms with Crippen LogP contribution in [-0.2, 0) is 6.54 Å². The van der Waals surface area contributed by atoms with E-state index in [9.17, 15) is 4.79 Å². The molecule has 2 aromatic carbocycles. The van der Waals surface area contributed by atoms with Crippen molar-refractivity contribution in [3.8, 4) is 0 Å². The van der Waals surface area contributed by atoms with Gasteiger partial charge < -0.3 is 0 Å². The van der Waals surface area contributed by atoms with Crippen LogP contribution in [0.15, 0.2) is 72.6 Å². The van der Waals surface area contributed by atoms with Gasteiger partial charge in [0.25, 0.3) is 0 Å². The first-order valence-electron chi connectivity index (χ1n) is 7.04. The van der Waals surface area contributed by atoms with Gasteiger partial charge >= 0.3 is 0 Å². The molecule has 1 aliphatic carbocycles. The van der Waals surface area contributed by atoms with Gasteiger partial charge in [0.1, 0.15) is 0 Å². The van der Waals surface area contributed by atoms with Gasteiger partial charge in [0.15, 0.2) is 24.7 Å². The van der Waals surface area contributed by atoms with Crippen LogP contribution >= 0.6 is 0 Å². The number of pyridine rings is 1. The third-order valence-electron chi connectivity index (χ3n) is 3.93. The Kier molecular flexibility index (Phi) is 2.68. The second-order valence-electron chi connectivity index (χ2n) is 5.30. The summed E-state index contributed by atoms with van der Waals surface area (Å²) in [6, 6.07) is 18.0. The molecule has 21 heavy (non-hydrogen) atoms. The Morgan fingerprint density at radius 1 is 0.857 bits per heavy atom. The van der Waals surface area contributed by atoms with E-state index in [1.165, 1.54) is 0 Å². The average Bonchev–Trinajstić information content (AvgIpc) is 2.53. The summed E-state index contributed by atoms with van der Waals surface area (Å²) in [5, 5.41) is 2.20. The van der Waals surface area contributed by atoms with E-state index >= 15 is 0 Å². The van der Waals surface area contributed by atoms with Crippen molar-refractivity contribution < 1.29 is 9.36 Å². The molecule has 0 saturated heterocycles. The van der Waals surface area contributed by atoms with Gasteiger partial charge in [0, 0.05) is 23.1 Å². The summed E-state index contributed by atoms with van der Waals surface area (Å²) < 4.78 is 2.03. The van der Waals surface area contributed by atoms with Crippen LogP contribution in [0.1, 0.15) is 15.9 Å². The molecule has 1 aromatic heterocycles. The quantitative estimate of drug-likeness (QED) is 0.655. The number of Topliss-reactive ketones (excluding diaryl/α,β-unsaturated/α-hetero) is 1. The molecule has 4 rings (SSSR count). The van der Waals surface area contributed by atoms with Crippen LogP contribution in [0, 0.1) is 0 Å². The predicted octanol–water partition coefficient (Wildman–Crippen LogP) is 3.41. The molecule has 1 aliphatic rings. The summed E-state index contributed by atoms with van der Waals surface area (Å²) in [5.41, 5.74) is 2.78. The first kappa shape index (κ1) is 12.0. The molecule has 0 fully saturated rings. The molecule has 0 N–H and O–H groups in total. The van der Waals surface area contributed by atoms with E-state index in [1.54, 1.807) is 0 Å². The van der Waals surface area contributed by atoms with Gasteiger partial charge in [0.05, 0.1) is 5.57 Å². The van der Waals surface area contributed by atoms with Gasteiger partial charge in [0.2, 0.25) is 0 Å². The van der Waals surface area contributed by atoms with E-state index < -0.39 is 0 Å². The predicted molar refractivity (Wildman–Crippen MR) is 82.9 cm³/mol. The number of ketones is 1. The van der Waals surface area contributed by atoms with Crippen molar-refractivity contribution in [1.82, 2.24) is 0 Å². The maximum atomic E-state index is 12.7. The highest BCUT2D eigenvalue weighted by atomic mass is 16.1. The Morgan fingerprint density at radius 3 is 2.43 bits per heavy atom. The van der Waals surface area contributed by atoms with Crippen molar-refractivity contribution >= 4 is 22.6 Å². The Balaban J connectivity index is 1.86. The minimum Gasteiger partial charge on any atom is -0.289 e. The van der Waals surface area contributed by atoms with Gasteiger partial charge in [-0.15, -0.1) is 0 Å². The van der Waals surface area contributed by atoms with Gasteiger partial charge in [-0.05, 0) is 17.0 Å². The zero-order valence-electron chi connectivity index (χ0n) is 11.5. The second-order valence-corrected chi connectivity index (χ2v) is 5.30. The lowest BCUT2D eigenvalue weighted by Gasteiger charge is -2.15. The van der Waals surface area contributed by atoms with Gasteiger partial charge in [-0.3, -0.25) is 4.79 Å². The van der Waals surface area contributed by atoms with Crippen LogP contribution in [0.3, 0.4) is 0 Å². The number of carbonyl (C=O) groups excluding carboxylic acids is 1. The lowest BCUT2D eigenvalue weighted by Crippen LogP contribution is -2.35. The zero-order chi connectivity index (χ0) is 14.2. The minimum atomic E-state index is 0.135. The number of benzene rings is 2. The van der Waals surface area contributed by atoms with Crippen molar-refractivity contribution in [2.24, 2.45) is 0 Å². The topological polar surface area (TPSA) is 20.9 Å². The minimum absolute atomic E-state index is 0.135. The molecule has 1 heterocycles. The van der Waals surface area contributed by atoms with E-state index in [0.29, 0.717) is 6.54 Å². The summed E-state index contributed by atoms with van der Waals surface area (Å²) in [6.45, 7) is 0.602. The van der Waals surface area contributed by atoms with Crippen molar-refractivity contribution in [3.05, 3.63) is 83.7 Å². The molecule has 2 nitrogen and oxygen atoms in total. The smallest absolute Gasteiger partial charge is 0.196 e. The monoisotopic (exact) mass is 272 g/mol.